The number of hydrogen-bond acceptors (Lipinski definition) is 2. The van der Waals surface area contributed by atoms with Crippen molar-refractivity contribution in [2.45, 2.75) is 13.8 Å². The van der Waals surface area contributed by atoms with Gasteiger partial charge in [-0.15, -0.1) is 0 Å². The number of hydrogen-bond donors (Lipinski definition) is 3. The quantitative estimate of drug-likeness (QED) is 0.570. The molecule has 0 bridgehead atoms. The first kappa shape index (κ1) is 18.7. The Morgan fingerprint density at radius 3 is 2.44 bits per heavy atom. The Balaban J connectivity index is 1.90. The van der Waals surface area contributed by atoms with Crippen molar-refractivity contribution < 1.29 is 18.0 Å². The number of benzene rings is 2. The second-order valence-corrected chi connectivity index (χ2v) is 5.81. The standard InChI is InChI=1S/C17H16F3N3OS/c1-9-3-4-10(2)13(7-9)23-17(25)21-8-14(24)22-12-6-5-11(18)15(19)16(12)20/h3-7H,8H2,1-2H3,(H,22,24)(H2,21,23,25). The maximum absolute atomic E-state index is 13.5. The zero-order valence-corrected chi connectivity index (χ0v) is 14.4. The molecule has 2 aromatic rings. The van der Waals surface area contributed by atoms with Gasteiger partial charge in [-0.2, -0.15) is 0 Å². The van der Waals surface area contributed by atoms with Crippen molar-refractivity contribution in [2.75, 3.05) is 17.2 Å². The van der Waals surface area contributed by atoms with Crippen LogP contribution < -0.4 is 16.0 Å². The van der Waals surface area contributed by atoms with Crippen molar-refractivity contribution in [3.8, 4) is 0 Å². The molecule has 0 heterocycles. The van der Waals surface area contributed by atoms with E-state index in [1.54, 1.807) is 0 Å². The molecule has 0 saturated heterocycles. The summed E-state index contributed by atoms with van der Waals surface area (Å²) in [5, 5.41) is 7.97. The Labute approximate surface area is 148 Å². The summed E-state index contributed by atoms with van der Waals surface area (Å²) >= 11 is 5.10. The smallest absolute Gasteiger partial charge is 0.243 e. The minimum absolute atomic E-state index is 0.203. The van der Waals surface area contributed by atoms with Crippen molar-refractivity contribution in [1.82, 2.24) is 5.32 Å². The SMILES string of the molecule is Cc1ccc(C)c(NC(=S)NCC(=O)Nc2ccc(F)c(F)c2F)c1. The number of anilines is 2. The maximum Gasteiger partial charge on any atom is 0.243 e. The third-order valence-corrected chi connectivity index (χ3v) is 3.61. The third kappa shape index (κ3) is 4.93. The molecule has 1 amide bonds. The van der Waals surface area contributed by atoms with Crippen molar-refractivity contribution in [1.29, 1.82) is 0 Å². The number of carbonyl (C=O) groups excluding carboxylic acids is 1. The molecule has 0 aliphatic carbocycles. The van der Waals surface area contributed by atoms with Gasteiger partial charge >= 0.3 is 0 Å². The van der Waals surface area contributed by atoms with Crippen LogP contribution in [0.3, 0.4) is 0 Å². The lowest BCUT2D eigenvalue weighted by Crippen LogP contribution is -2.35. The molecule has 0 radical (unpaired) electrons. The summed E-state index contributed by atoms with van der Waals surface area (Å²) in [5.74, 6) is -5.08. The van der Waals surface area contributed by atoms with Crippen molar-refractivity contribution in [3.05, 3.63) is 58.9 Å². The Kier molecular flexibility index (Phi) is 5.97. The molecule has 0 aliphatic heterocycles. The van der Waals surface area contributed by atoms with Gasteiger partial charge in [-0.25, -0.2) is 13.2 Å². The van der Waals surface area contributed by atoms with Gasteiger partial charge in [0.2, 0.25) is 5.91 Å². The first-order valence-corrected chi connectivity index (χ1v) is 7.74. The van der Waals surface area contributed by atoms with Crippen LogP contribution in [0.5, 0.6) is 0 Å². The second-order valence-electron chi connectivity index (χ2n) is 5.40. The highest BCUT2D eigenvalue weighted by Gasteiger charge is 2.15. The number of thiocarbonyl (C=S) groups is 1. The predicted molar refractivity (Wildman–Crippen MR) is 95.1 cm³/mol. The zero-order valence-electron chi connectivity index (χ0n) is 13.5. The van der Waals surface area contributed by atoms with Crippen LogP contribution >= 0.6 is 12.2 Å². The Hall–Kier alpha value is -2.61. The molecule has 0 aromatic heterocycles. The molecular formula is C17H16F3N3OS. The van der Waals surface area contributed by atoms with Crippen LogP contribution in [0.4, 0.5) is 24.5 Å². The van der Waals surface area contributed by atoms with Gasteiger partial charge in [0.1, 0.15) is 0 Å². The summed E-state index contributed by atoms with van der Waals surface area (Å²) in [5.41, 5.74) is 2.37. The van der Waals surface area contributed by atoms with E-state index in [2.05, 4.69) is 16.0 Å². The third-order valence-electron chi connectivity index (χ3n) is 3.36. The van der Waals surface area contributed by atoms with E-state index in [9.17, 15) is 18.0 Å². The summed E-state index contributed by atoms with van der Waals surface area (Å²) < 4.78 is 39.5. The van der Waals surface area contributed by atoms with Crippen LogP contribution in [0.2, 0.25) is 0 Å². The van der Waals surface area contributed by atoms with Crippen molar-refractivity contribution in [2.24, 2.45) is 0 Å². The summed E-state index contributed by atoms with van der Waals surface area (Å²) in [6.07, 6.45) is 0. The Morgan fingerprint density at radius 2 is 1.72 bits per heavy atom. The summed E-state index contributed by atoms with van der Waals surface area (Å²) in [6.45, 7) is 3.57. The fourth-order valence-electron chi connectivity index (χ4n) is 2.01. The number of carbonyl (C=O) groups is 1. The van der Waals surface area contributed by atoms with Gasteiger partial charge in [-0.05, 0) is 55.4 Å². The van der Waals surface area contributed by atoms with Crippen LogP contribution in [0.15, 0.2) is 30.3 Å². The maximum atomic E-state index is 13.5. The molecule has 25 heavy (non-hydrogen) atoms. The van der Waals surface area contributed by atoms with E-state index < -0.39 is 29.0 Å². The van der Waals surface area contributed by atoms with Crippen LogP contribution in [-0.4, -0.2) is 17.6 Å². The minimum atomic E-state index is -1.64. The van der Waals surface area contributed by atoms with E-state index in [-0.39, 0.29) is 11.7 Å². The van der Waals surface area contributed by atoms with Gasteiger partial charge in [-0.3, -0.25) is 4.79 Å². The average molecular weight is 367 g/mol. The number of halogens is 3. The lowest BCUT2D eigenvalue weighted by molar-refractivity contribution is -0.115. The summed E-state index contributed by atoms with van der Waals surface area (Å²) in [4.78, 5) is 11.8. The molecule has 8 heteroatoms. The fraction of sp³-hybridized carbons (Fsp3) is 0.176. The van der Waals surface area contributed by atoms with E-state index in [4.69, 9.17) is 12.2 Å². The van der Waals surface area contributed by atoms with Gasteiger partial charge in [-0.1, -0.05) is 12.1 Å². The van der Waals surface area contributed by atoms with Gasteiger partial charge in [0.25, 0.3) is 0 Å². The molecule has 0 saturated carbocycles. The normalized spacial score (nSPS) is 10.3. The molecule has 0 fully saturated rings. The Morgan fingerprint density at radius 1 is 1.00 bits per heavy atom. The van der Waals surface area contributed by atoms with Crippen LogP contribution in [0.1, 0.15) is 11.1 Å². The highest BCUT2D eigenvalue weighted by atomic mass is 32.1. The van der Waals surface area contributed by atoms with Gasteiger partial charge in [0.15, 0.2) is 22.6 Å². The summed E-state index contributed by atoms with van der Waals surface area (Å²) in [7, 11) is 0. The number of aryl methyl sites for hydroxylation is 2. The molecule has 2 aromatic carbocycles. The topological polar surface area (TPSA) is 53.2 Å². The molecule has 0 atom stereocenters. The molecule has 0 aliphatic rings. The largest absolute Gasteiger partial charge is 0.353 e. The lowest BCUT2D eigenvalue weighted by Gasteiger charge is -2.13. The number of rotatable bonds is 4. The van der Waals surface area contributed by atoms with Crippen molar-refractivity contribution >= 4 is 34.6 Å². The second kappa shape index (κ2) is 7.98. The van der Waals surface area contributed by atoms with Gasteiger partial charge < -0.3 is 16.0 Å². The molecule has 3 N–H and O–H groups in total. The zero-order chi connectivity index (χ0) is 18.6. The highest BCUT2D eigenvalue weighted by molar-refractivity contribution is 7.80. The van der Waals surface area contributed by atoms with Crippen LogP contribution in [0.25, 0.3) is 0 Å². The van der Waals surface area contributed by atoms with E-state index in [1.165, 1.54) is 0 Å². The Bertz CT molecular complexity index is 827. The molecule has 132 valence electrons. The van der Waals surface area contributed by atoms with Crippen LogP contribution in [0, 0.1) is 31.3 Å². The van der Waals surface area contributed by atoms with E-state index >= 15 is 0 Å². The molecule has 0 unspecified atom stereocenters. The minimum Gasteiger partial charge on any atom is -0.353 e. The van der Waals surface area contributed by atoms with E-state index in [0.717, 1.165) is 28.9 Å². The van der Waals surface area contributed by atoms with Gasteiger partial charge in [0.05, 0.1) is 12.2 Å². The predicted octanol–water partition coefficient (Wildman–Crippen LogP) is 3.65. The molecule has 0 spiro atoms. The first-order valence-electron chi connectivity index (χ1n) is 7.33. The molecule has 2 rings (SSSR count). The fourth-order valence-corrected chi connectivity index (χ4v) is 2.20. The number of amides is 1. The summed E-state index contributed by atoms with van der Waals surface area (Å²) in [6, 6.07) is 7.46. The first-order chi connectivity index (χ1) is 11.8. The lowest BCUT2D eigenvalue weighted by atomic mass is 10.1. The van der Waals surface area contributed by atoms with Crippen LogP contribution in [-0.2, 0) is 4.79 Å². The van der Waals surface area contributed by atoms with Gasteiger partial charge in [0, 0.05) is 5.69 Å². The monoisotopic (exact) mass is 367 g/mol. The van der Waals surface area contributed by atoms with Crippen molar-refractivity contribution in [3.63, 3.8) is 0 Å². The average Bonchev–Trinajstić information content (AvgIpc) is 2.57. The molecule has 4 nitrogen and oxygen atoms in total. The molecular weight excluding hydrogens is 351 g/mol. The highest BCUT2D eigenvalue weighted by Crippen LogP contribution is 2.19. The number of nitrogens with one attached hydrogen (secondary N) is 3. The van der Waals surface area contributed by atoms with E-state index in [1.807, 2.05) is 32.0 Å². The van der Waals surface area contributed by atoms with E-state index in [0.29, 0.717) is 0 Å².